The zero-order valence-electron chi connectivity index (χ0n) is 9.07. The first-order valence-corrected chi connectivity index (χ1v) is 5.19. The second kappa shape index (κ2) is 5.28. The van der Waals surface area contributed by atoms with Gasteiger partial charge in [0.2, 0.25) is 0 Å². The van der Waals surface area contributed by atoms with E-state index in [-0.39, 0.29) is 5.92 Å². The van der Waals surface area contributed by atoms with Gasteiger partial charge in [0.1, 0.15) is 0 Å². The Labute approximate surface area is 89.9 Å². The number of carboxylic acid groups (broad SMARTS) is 1. The lowest BCUT2D eigenvalue weighted by Crippen LogP contribution is -2.27. The van der Waals surface area contributed by atoms with E-state index >= 15 is 0 Å². The maximum atomic E-state index is 10.9. The largest absolute Gasteiger partial charge is 0.481 e. The van der Waals surface area contributed by atoms with E-state index in [0.29, 0.717) is 32.5 Å². The number of allylic oxidation sites excluding steroid dienone is 1. The van der Waals surface area contributed by atoms with E-state index in [0.717, 1.165) is 0 Å². The average molecular weight is 214 g/mol. The second-order valence-corrected chi connectivity index (χ2v) is 3.93. The van der Waals surface area contributed by atoms with Crippen LogP contribution in [0.5, 0.6) is 0 Å². The highest BCUT2D eigenvalue weighted by Gasteiger charge is 2.32. The van der Waals surface area contributed by atoms with Crippen LogP contribution < -0.4 is 0 Å². The summed E-state index contributed by atoms with van der Waals surface area (Å²) in [6, 6.07) is 0. The van der Waals surface area contributed by atoms with Gasteiger partial charge in [0, 0.05) is 6.42 Å². The second-order valence-electron chi connectivity index (χ2n) is 3.93. The summed E-state index contributed by atoms with van der Waals surface area (Å²) < 4.78 is 10.8. The number of hydrogen-bond donors (Lipinski definition) is 1. The summed E-state index contributed by atoms with van der Waals surface area (Å²) in [6.45, 7) is 6.59. The molecule has 1 N–H and O–H groups in total. The molecule has 0 amide bonds. The molecule has 0 aromatic rings. The highest BCUT2D eigenvalue weighted by molar-refractivity contribution is 5.70. The van der Waals surface area contributed by atoms with E-state index in [1.165, 1.54) is 0 Å². The molecule has 1 fully saturated rings. The van der Waals surface area contributed by atoms with Crippen LogP contribution >= 0.6 is 0 Å². The molecule has 0 saturated carbocycles. The van der Waals surface area contributed by atoms with Crippen LogP contribution in [0.3, 0.4) is 0 Å². The highest BCUT2D eigenvalue weighted by atomic mass is 16.7. The molecule has 0 unspecified atom stereocenters. The van der Waals surface area contributed by atoms with E-state index in [1.54, 1.807) is 6.08 Å². The molecule has 1 heterocycles. The molecule has 1 aliphatic heterocycles. The minimum atomic E-state index is -0.781. The lowest BCUT2D eigenvalue weighted by atomic mass is 9.97. The molecular weight excluding hydrogens is 196 g/mol. The van der Waals surface area contributed by atoms with Crippen molar-refractivity contribution in [1.82, 2.24) is 0 Å². The number of rotatable bonds is 6. The van der Waals surface area contributed by atoms with Crippen LogP contribution in [-0.2, 0) is 14.3 Å². The summed E-state index contributed by atoms with van der Waals surface area (Å²) in [4.78, 5) is 10.9. The lowest BCUT2D eigenvalue weighted by molar-refractivity contribution is -0.154. The van der Waals surface area contributed by atoms with Crippen molar-refractivity contribution in [1.29, 1.82) is 0 Å². The third kappa shape index (κ3) is 3.64. The number of aliphatic carboxylic acids is 1. The molecule has 0 aromatic carbocycles. The van der Waals surface area contributed by atoms with Gasteiger partial charge in [-0.05, 0) is 19.8 Å². The molecule has 4 nitrogen and oxygen atoms in total. The molecule has 1 atom stereocenters. The van der Waals surface area contributed by atoms with E-state index < -0.39 is 11.8 Å². The molecule has 0 bridgehead atoms. The summed E-state index contributed by atoms with van der Waals surface area (Å²) >= 11 is 0. The average Bonchev–Trinajstić information content (AvgIpc) is 2.60. The van der Waals surface area contributed by atoms with Crippen molar-refractivity contribution >= 4 is 5.97 Å². The summed E-state index contributed by atoms with van der Waals surface area (Å²) in [5.41, 5.74) is 0. The fraction of sp³-hybridized carbons (Fsp3) is 0.727. The maximum absolute atomic E-state index is 10.9. The Balaban J connectivity index is 2.38. The van der Waals surface area contributed by atoms with Gasteiger partial charge in [-0.3, -0.25) is 4.79 Å². The quantitative estimate of drug-likeness (QED) is 0.685. The highest BCUT2D eigenvalue weighted by Crippen LogP contribution is 2.27. The maximum Gasteiger partial charge on any atom is 0.306 e. The first kappa shape index (κ1) is 12.2. The molecule has 86 valence electrons. The first-order valence-electron chi connectivity index (χ1n) is 5.19. The summed E-state index contributed by atoms with van der Waals surface area (Å²) in [5.74, 6) is -1.75. The first-order chi connectivity index (χ1) is 7.07. The van der Waals surface area contributed by atoms with Gasteiger partial charge < -0.3 is 14.6 Å². The molecule has 4 heteroatoms. The molecule has 0 aliphatic carbocycles. The topological polar surface area (TPSA) is 55.8 Å². The third-order valence-electron chi connectivity index (χ3n) is 2.65. The van der Waals surface area contributed by atoms with E-state index in [2.05, 4.69) is 6.58 Å². The van der Waals surface area contributed by atoms with Crippen molar-refractivity contribution in [3.8, 4) is 0 Å². The van der Waals surface area contributed by atoms with Crippen LogP contribution in [0, 0.1) is 5.92 Å². The van der Waals surface area contributed by atoms with Gasteiger partial charge in [-0.2, -0.15) is 0 Å². The Morgan fingerprint density at radius 1 is 1.60 bits per heavy atom. The van der Waals surface area contributed by atoms with Crippen molar-refractivity contribution in [2.75, 3.05) is 13.2 Å². The predicted molar refractivity (Wildman–Crippen MR) is 55.5 cm³/mol. The number of hydrogen-bond acceptors (Lipinski definition) is 3. The molecule has 1 rings (SSSR count). The van der Waals surface area contributed by atoms with Crippen LogP contribution in [0.15, 0.2) is 12.7 Å². The number of carboxylic acids is 1. The third-order valence-corrected chi connectivity index (χ3v) is 2.65. The Morgan fingerprint density at radius 2 is 2.20 bits per heavy atom. The van der Waals surface area contributed by atoms with Crippen molar-refractivity contribution in [2.45, 2.75) is 32.0 Å². The molecule has 15 heavy (non-hydrogen) atoms. The lowest BCUT2D eigenvalue weighted by Gasteiger charge is -2.23. The number of ether oxygens (including phenoxy) is 2. The van der Waals surface area contributed by atoms with Crippen molar-refractivity contribution in [3.63, 3.8) is 0 Å². The van der Waals surface area contributed by atoms with Crippen LogP contribution in [0.2, 0.25) is 0 Å². The van der Waals surface area contributed by atoms with Gasteiger partial charge in [0.15, 0.2) is 5.79 Å². The van der Waals surface area contributed by atoms with Gasteiger partial charge in [0.05, 0.1) is 19.1 Å². The summed E-state index contributed by atoms with van der Waals surface area (Å²) in [7, 11) is 0. The Bertz CT molecular complexity index is 231. The van der Waals surface area contributed by atoms with Crippen LogP contribution in [0.1, 0.15) is 26.2 Å². The molecule has 1 aliphatic rings. The van der Waals surface area contributed by atoms with Gasteiger partial charge >= 0.3 is 5.97 Å². The van der Waals surface area contributed by atoms with Gasteiger partial charge in [-0.15, -0.1) is 6.58 Å². The molecule has 0 aromatic heterocycles. The molecule has 1 saturated heterocycles. The Hall–Kier alpha value is -0.870. The number of carbonyl (C=O) groups is 1. The van der Waals surface area contributed by atoms with E-state index in [9.17, 15) is 4.79 Å². The smallest absolute Gasteiger partial charge is 0.306 e. The standard InChI is InChI=1S/C11H18O4/c1-3-4-9(10(12)13)5-6-11(2)14-7-8-15-11/h3,9H,1,4-8H2,2H3,(H,12,13)/t9-/m0/s1. The SMILES string of the molecule is C=CC[C@@H](CCC1(C)OCCO1)C(=O)O. The van der Waals surface area contributed by atoms with E-state index in [4.69, 9.17) is 14.6 Å². The van der Waals surface area contributed by atoms with Gasteiger partial charge in [-0.1, -0.05) is 6.08 Å². The minimum Gasteiger partial charge on any atom is -0.481 e. The summed E-state index contributed by atoms with van der Waals surface area (Å²) in [6.07, 6.45) is 3.29. The monoisotopic (exact) mass is 214 g/mol. The molecular formula is C11H18O4. The Kier molecular flexibility index (Phi) is 4.29. The van der Waals surface area contributed by atoms with Crippen LogP contribution in [0.25, 0.3) is 0 Å². The fourth-order valence-corrected chi connectivity index (χ4v) is 1.68. The zero-order chi connectivity index (χ0) is 11.3. The van der Waals surface area contributed by atoms with Gasteiger partial charge in [-0.25, -0.2) is 0 Å². The van der Waals surface area contributed by atoms with E-state index in [1.807, 2.05) is 6.92 Å². The van der Waals surface area contributed by atoms with Crippen molar-refractivity contribution in [3.05, 3.63) is 12.7 Å². The predicted octanol–water partition coefficient (Wildman–Crippen LogP) is 1.81. The van der Waals surface area contributed by atoms with Crippen LogP contribution in [-0.4, -0.2) is 30.1 Å². The zero-order valence-corrected chi connectivity index (χ0v) is 9.07. The molecule has 0 spiro atoms. The summed E-state index contributed by atoms with van der Waals surface area (Å²) in [5, 5.41) is 8.93. The van der Waals surface area contributed by atoms with Crippen molar-refractivity contribution < 1.29 is 19.4 Å². The minimum absolute atomic E-state index is 0.382. The van der Waals surface area contributed by atoms with Crippen LogP contribution in [0.4, 0.5) is 0 Å². The Morgan fingerprint density at radius 3 is 2.67 bits per heavy atom. The van der Waals surface area contributed by atoms with Gasteiger partial charge in [0.25, 0.3) is 0 Å². The fourth-order valence-electron chi connectivity index (χ4n) is 1.68. The normalized spacial score (nSPS) is 21.1. The molecule has 0 radical (unpaired) electrons. The van der Waals surface area contributed by atoms with Crippen molar-refractivity contribution in [2.24, 2.45) is 5.92 Å².